The second-order valence-corrected chi connectivity index (χ2v) is 11.2. The van der Waals surface area contributed by atoms with Gasteiger partial charge in [-0.2, -0.15) is 23.8 Å². The van der Waals surface area contributed by atoms with Crippen molar-refractivity contribution in [3.05, 3.63) is 72.3 Å². The summed E-state index contributed by atoms with van der Waals surface area (Å²) in [5, 5.41) is 31.8. The Bertz CT molecular complexity index is 1930. The van der Waals surface area contributed by atoms with Crippen LogP contribution in [-0.4, -0.2) is 31.8 Å². The summed E-state index contributed by atoms with van der Waals surface area (Å²) in [6, 6.07) is 14.8. The number of hydrogen-bond donors (Lipinski definition) is 2. The van der Waals surface area contributed by atoms with E-state index in [0.29, 0.717) is 22.6 Å². The summed E-state index contributed by atoms with van der Waals surface area (Å²) in [6.07, 6.45) is 0. The first kappa shape index (κ1) is 35.6. The molecule has 4 aromatic carbocycles. The zero-order valence-electron chi connectivity index (χ0n) is 22.8. The van der Waals surface area contributed by atoms with Crippen LogP contribution in [0, 0.1) is 6.92 Å². The molecule has 0 aliphatic heterocycles. The molecule has 4 rings (SSSR count). The molecule has 0 aliphatic rings. The van der Waals surface area contributed by atoms with Crippen LogP contribution in [0.25, 0.3) is 10.8 Å². The minimum Gasteiger partial charge on any atom is -0.871 e. The predicted molar refractivity (Wildman–Crippen MR) is 141 cm³/mol. The number of carbonyl (C=O) groups is 1. The van der Waals surface area contributed by atoms with E-state index in [4.69, 9.17) is 0 Å². The molecule has 1 amide bonds. The third-order valence-corrected chi connectivity index (χ3v) is 7.19. The summed E-state index contributed by atoms with van der Waals surface area (Å²) < 4.78 is 67.0. The van der Waals surface area contributed by atoms with E-state index in [1.54, 1.807) is 13.0 Å². The first-order valence-electron chi connectivity index (χ1n) is 11.3. The molecule has 0 saturated carbocycles. The first-order valence-corrected chi connectivity index (χ1v) is 14.1. The van der Waals surface area contributed by atoms with Crippen LogP contribution in [0.15, 0.2) is 97.0 Å². The molecule has 206 valence electrons. The SMILES string of the molecule is CC(=O)Nc1ccc2c([O-])c(N=Nc3ccc(N=Nc4ccc(S(=O)(=O)[O-])cc4)cc3C)c(S(=O)(=O)O)cc2c1.[Na+].[Na+]. The van der Waals surface area contributed by atoms with Crippen molar-refractivity contribution in [2.45, 2.75) is 23.6 Å². The number of anilines is 1. The van der Waals surface area contributed by atoms with E-state index >= 15 is 0 Å². The largest absolute Gasteiger partial charge is 1.00 e. The van der Waals surface area contributed by atoms with Gasteiger partial charge in [0, 0.05) is 12.6 Å². The van der Waals surface area contributed by atoms with Gasteiger partial charge in [0.1, 0.15) is 15.0 Å². The number of amides is 1. The zero-order valence-corrected chi connectivity index (χ0v) is 28.4. The summed E-state index contributed by atoms with van der Waals surface area (Å²) in [4.78, 5) is 10.2. The van der Waals surface area contributed by atoms with Crippen LogP contribution in [0.4, 0.5) is 28.4 Å². The minimum absolute atomic E-state index is 0. The molecule has 0 spiro atoms. The molecule has 0 saturated heterocycles. The summed E-state index contributed by atoms with van der Waals surface area (Å²) in [5.74, 6) is -1.15. The van der Waals surface area contributed by atoms with Crippen LogP contribution >= 0.6 is 0 Å². The van der Waals surface area contributed by atoms with Gasteiger partial charge in [0.2, 0.25) is 5.91 Å². The van der Waals surface area contributed by atoms with E-state index < -0.39 is 41.5 Å². The number of nitrogens with zero attached hydrogens (tertiary/aromatic N) is 4. The molecule has 0 aromatic heterocycles. The Morgan fingerprint density at radius 2 is 1.45 bits per heavy atom. The third-order valence-electron chi connectivity index (χ3n) is 5.47. The standard InChI is InChI=1S/C25H21N5O8S2.2Na/c1-14-11-19(28-27-17-3-7-20(8-4-17)39(33,34)35)6-10-22(14)29-30-24-23(40(36,37)38)13-16-12-18(26-15(2)31)5-9-21(16)25(24)32;;/h3-13,32H,1-2H3,(H,26,31)(H,33,34,35)(H,36,37,38);;/q;2*+1/p-2. The first-order chi connectivity index (χ1) is 18.7. The fourth-order valence-electron chi connectivity index (χ4n) is 3.62. The van der Waals surface area contributed by atoms with Crippen LogP contribution < -0.4 is 69.5 Å². The molecule has 0 radical (unpaired) electrons. The molecular weight excluding hydrogens is 608 g/mol. The van der Waals surface area contributed by atoms with E-state index in [2.05, 4.69) is 25.8 Å². The Morgan fingerprint density at radius 3 is 2.02 bits per heavy atom. The van der Waals surface area contributed by atoms with E-state index in [1.807, 2.05) is 0 Å². The molecule has 13 nitrogen and oxygen atoms in total. The fraction of sp³-hybridized carbons (Fsp3) is 0.0800. The van der Waals surface area contributed by atoms with Crippen LogP contribution in [0.3, 0.4) is 0 Å². The van der Waals surface area contributed by atoms with Gasteiger partial charge in [-0.1, -0.05) is 11.8 Å². The Hall–Kier alpha value is -2.57. The van der Waals surface area contributed by atoms with Gasteiger partial charge < -0.3 is 15.0 Å². The summed E-state index contributed by atoms with van der Waals surface area (Å²) >= 11 is 0. The van der Waals surface area contributed by atoms with Gasteiger partial charge in [0.25, 0.3) is 10.1 Å². The Kier molecular flexibility index (Phi) is 12.1. The number of hydrogen-bond acceptors (Lipinski definition) is 11. The number of rotatable bonds is 7. The summed E-state index contributed by atoms with van der Waals surface area (Å²) in [5.41, 5.74) is 1.24. The van der Waals surface area contributed by atoms with Gasteiger partial charge in [-0.25, -0.2) is 8.42 Å². The number of carbonyl (C=O) groups excluding carboxylic acids is 1. The zero-order chi connectivity index (χ0) is 29.2. The van der Waals surface area contributed by atoms with Crippen molar-refractivity contribution in [1.29, 1.82) is 0 Å². The van der Waals surface area contributed by atoms with Crippen molar-refractivity contribution >= 4 is 65.4 Å². The van der Waals surface area contributed by atoms with Gasteiger partial charge in [-0.15, -0.1) is 5.11 Å². The second kappa shape index (κ2) is 14.3. The molecule has 4 aromatic rings. The number of nitrogens with one attached hydrogen (secondary N) is 1. The normalized spacial score (nSPS) is 11.8. The van der Waals surface area contributed by atoms with Crippen molar-refractivity contribution in [3.8, 4) is 5.75 Å². The molecule has 0 atom stereocenters. The van der Waals surface area contributed by atoms with Crippen molar-refractivity contribution in [3.63, 3.8) is 0 Å². The maximum Gasteiger partial charge on any atom is 1.00 e. The molecule has 0 bridgehead atoms. The fourth-order valence-corrected chi connectivity index (χ4v) is 4.75. The van der Waals surface area contributed by atoms with E-state index in [-0.39, 0.29) is 81.5 Å². The Balaban J connectivity index is 0.00000308. The maximum absolute atomic E-state index is 13.1. The van der Waals surface area contributed by atoms with Gasteiger partial charge in [0.15, 0.2) is 0 Å². The Morgan fingerprint density at radius 1 is 0.833 bits per heavy atom. The predicted octanol–water partition coefficient (Wildman–Crippen LogP) is -0.830. The average molecular weight is 628 g/mol. The van der Waals surface area contributed by atoms with Crippen molar-refractivity contribution < 1.29 is 95.0 Å². The average Bonchev–Trinajstić information content (AvgIpc) is 2.86. The number of fused-ring (bicyclic) bond motifs is 1. The smallest absolute Gasteiger partial charge is 0.871 e. The van der Waals surface area contributed by atoms with Crippen LogP contribution in [-0.2, 0) is 25.0 Å². The molecule has 0 heterocycles. The van der Waals surface area contributed by atoms with Gasteiger partial charge in [0.05, 0.1) is 27.6 Å². The van der Waals surface area contributed by atoms with Crippen molar-refractivity contribution in [1.82, 2.24) is 0 Å². The summed E-state index contributed by atoms with van der Waals surface area (Å²) in [7, 11) is -9.44. The number of aryl methyl sites for hydroxylation is 1. The van der Waals surface area contributed by atoms with Crippen LogP contribution in [0.2, 0.25) is 0 Å². The Labute approximate surface area is 285 Å². The van der Waals surface area contributed by atoms with Crippen LogP contribution in [0.5, 0.6) is 5.75 Å². The minimum atomic E-state index is -4.87. The van der Waals surface area contributed by atoms with E-state index in [0.717, 1.165) is 18.2 Å². The van der Waals surface area contributed by atoms with Gasteiger partial charge >= 0.3 is 59.1 Å². The van der Waals surface area contributed by atoms with E-state index in [1.165, 1.54) is 49.4 Å². The van der Waals surface area contributed by atoms with Crippen molar-refractivity contribution in [2.75, 3.05) is 5.32 Å². The molecule has 0 fully saturated rings. The maximum atomic E-state index is 13.1. The molecule has 2 N–H and O–H groups in total. The monoisotopic (exact) mass is 627 g/mol. The molecule has 17 heteroatoms. The second-order valence-electron chi connectivity index (χ2n) is 8.46. The molecule has 0 aliphatic carbocycles. The molecule has 0 unspecified atom stereocenters. The quantitative estimate of drug-likeness (QED) is 0.150. The topological polar surface area (TPSA) is 213 Å². The third kappa shape index (κ3) is 8.73. The summed E-state index contributed by atoms with van der Waals surface area (Å²) in [6.45, 7) is 2.95. The number of azo groups is 2. The van der Waals surface area contributed by atoms with Crippen molar-refractivity contribution in [2.24, 2.45) is 20.5 Å². The number of benzene rings is 4. The molecule has 42 heavy (non-hydrogen) atoms. The van der Waals surface area contributed by atoms with Gasteiger partial charge in [-0.05, 0) is 83.9 Å². The van der Waals surface area contributed by atoms with Gasteiger partial charge in [-0.3, -0.25) is 9.35 Å². The molecular formula is C25H19N5Na2O8S2. The van der Waals surface area contributed by atoms with Crippen LogP contribution in [0.1, 0.15) is 12.5 Å². The van der Waals surface area contributed by atoms with E-state index in [9.17, 15) is 35.8 Å².